The van der Waals surface area contributed by atoms with Crippen molar-refractivity contribution < 1.29 is 36.1 Å². The van der Waals surface area contributed by atoms with Gasteiger partial charge in [0, 0.05) is 48.3 Å². The van der Waals surface area contributed by atoms with Gasteiger partial charge in [-0.15, -0.1) is 11.3 Å². The van der Waals surface area contributed by atoms with Gasteiger partial charge < -0.3 is 20.1 Å². The summed E-state index contributed by atoms with van der Waals surface area (Å²) in [4.78, 5) is 37.2. The van der Waals surface area contributed by atoms with E-state index in [4.69, 9.17) is 0 Å². The number of halogens is 5. The number of rotatable bonds is 8. The fourth-order valence-electron chi connectivity index (χ4n) is 6.27. The Hall–Kier alpha value is -2.52. The summed E-state index contributed by atoms with van der Waals surface area (Å²) in [5, 5.41) is 5.06. The average molecular weight is 632 g/mol. The maximum atomic E-state index is 14.4. The first kappa shape index (κ1) is 29.5. The highest BCUT2D eigenvalue weighted by atomic mass is 32.2. The van der Waals surface area contributed by atoms with Crippen LogP contribution in [-0.4, -0.2) is 73.1 Å². The molecule has 0 spiro atoms. The Morgan fingerprint density at radius 2 is 1.69 bits per heavy atom. The third-order valence-electron chi connectivity index (χ3n) is 8.60. The van der Waals surface area contributed by atoms with Gasteiger partial charge in [0.2, 0.25) is 0 Å². The van der Waals surface area contributed by atoms with E-state index in [0.717, 1.165) is 49.3 Å². The number of hydrogen-bond acceptors (Lipinski definition) is 7. The number of fused-ring (bicyclic) bond motifs is 2. The summed E-state index contributed by atoms with van der Waals surface area (Å²) >= 11 is -0.145. The fourth-order valence-corrected chi connectivity index (χ4v) is 8.56. The molecule has 3 saturated heterocycles. The number of alkyl halides is 5. The molecule has 2 aromatic heterocycles. The first-order valence-electron chi connectivity index (χ1n) is 14.1. The number of anilines is 1. The Balaban J connectivity index is 1.35. The standard InChI is InChI=1S/C27H30F5N5O3S2/c28-23(29)17-11-19(35-22(13-1-2-13)27(30,31)32)33-12-18(17)21-20(26(39)37-15-3-4-16(37)6-5-15)36-25(41-21)24(38)34-14-7-9-42(40)10-8-14/h11-16,22-23H,1-10H2,(H,33,35)(H,34,38). The lowest BCUT2D eigenvalue weighted by atomic mass is 10.0. The van der Waals surface area contributed by atoms with Crippen LogP contribution in [-0.2, 0) is 11.2 Å². The SMILES string of the molecule is O=C(NC1CC[S+]([O-])CC1)c1nc(C(=O)N2C3CCC2CC3)c(-c2cnc(NC(C3CC3)C(F)(F)F)cc2C(F)F)s1. The van der Waals surface area contributed by atoms with Gasteiger partial charge in [-0.05, 0) is 50.5 Å². The van der Waals surface area contributed by atoms with E-state index in [-0.39, 0.29) is 45.1 Å². The number of carbonyl (C=O) groups is 2. The first-order chi connectivity index (χ1) is 20.0. The molecule has 1 atom stereocenters. The minimum atomic E-state index is -4.57. The number of amides is 2. The lowest BCUT2D eigenvalue weighted by molar-refractivity contribution is -0.146. The van der Waals surface area contributed by atoms with Crippen molar-refractivity contribution in [1.82, 2.24) is 20.2 Å². The number of pyridine rings is 1. The Morgan fingerprint density at radius 3 is 2.26 bits per heavy atom. The van der Waals surface area contributed by atoms with Crippen molar-refractivity contribution in [3.63, 3.8) is 0 Å². The Kier molecular flexibility index (Phi) is 8.11. The normalized spacial score (nSPS) is 26.5. The molecular weight excluding hydrogens is 601 g/mol. The zero-order valence-corrected chi connectivity index (χ0v) is 24.1. The average Bonchev–Trinajstić information content (AvgIpc) is 3.37. The number of aromatic nitrogens is 2. The molecule has 2 bridgehead atoms. The van der Waals surface area contributed by atoms with Crippen molar-refractivity contribution >= 4 is 40.1 Å². The van der Waals surface area contributed by atoms with Crippen LogP contribution < -0.4 is 10.6 Å². The molecule has 6 rings (SSSR count). The predicted octanol–water partition coefficient (Wildman–Crippen LogP) is 5.30. The van der Waals surface area contributed by atoms with Crippen molar-refractivity contribution in [2.45, 2.75) is 88.1 Å². The van der Waals surface area contributed by atoms with E-state index < -0.39 is 53.1 Å². The molecule has 3 aliphatic heterocycles. The second kappa shape index (κ2) is 11.5. The lowest BCUT2D eigenvalue weighted by Gasteiger charge is -2.24. The molecule has 1 unspecified atom stereocenters. The van der Waals surface area contributed by atoms with E-state index >= 15 is 0 Å². The van der Waals surface area contributed by atoms with Crippen LogP contribution in [0.25, 0.3) is 10.4 Å². The van der Waals surface area contributed by atoms with Crippen LogP contribution in [0.4, 0.5) is 27.8 Å². The van der Waals surface area contributed by atoms with Crippen molar-refractivity contribution in [1.29, 1.82) is 0 Å². The zero-order chi connectivity index (χ0) is 29.8. The summed E-state index contributed by atoms with van der Waals surface area (Å²) in [6.07, 6.45) is -1.51. The number of nitrogens with zero attached hydrogens (tertiary/aromatic N) is 3. The highest BCUT2D eigenvalue weighted by molar-refractivity contribution is 7.91. The molecule has 2 N–H and O–H groups in total. The molecule has 228 valence electrons. The summed E-state index contributed by atoms with van der Waals surface area (Å²) in [5.41, 5.74) is -0.887. The second-order valence-corrected chi connectivity index (χ2v) is 14.1. The van der Waals surface area contributed by atoms with Crippen molar-refractivity contribution in [2.24, 2.45) is 5.92 Å². The van der Waals surface area contributed by atoms with Crippen molar-refractivity contribution in [2.75, 3.05) is 16.8 Å². The second-order valence-electron chi connectivity index (χ2n) is 11.4. The molecule has 5 heterocycles. The monoisotopic (exact) mass is 631 g/mol. The lowest BCUT2D eigenvalue weighted by Crippen LogP contribution is -2.41. The van der Waals surface area contributed by atoms with E-state index in [1.807, 2.05) is 0 Å². The van der Waals surface area contributed by atoms with Gasteiger partial charge in [-0.25, -0.2) is 18.7 Å². The molecule has 1 aliphatic carbocycles. The third-order valence-corrected chi connectivity index (χ3v) is 11.1. The number of carbonyl (C=O) groups excluding carboxylic acids is 2. The highest BCUT2D eigenvalue weighted by Gasteiger charge is 2.49. The van der Waals surface area contributed by atoms with Crippen LogP contribution in [0.2, 0.25) is 0 Å². The van der Waals surface area contributed by atoms with Crippen LogP contribution in [0.15, 0.2) is 12.3 Å². The molecule has 42 heavy (non-hydrogen) atoms. The molecule has 1 saturated carbocycles. The van der Waals surface area contributed by atoms with Crippen LogP contribution in [0.3, 0.4) is 0 Å². The highest BCUT2D eigenvalue weighted by Crippen LogP contribution is 2.44. The molecule has 8 nitrogen and oxygen atoms in total. The van der Waals surface area contributed by atoms with Crippen LogP contribution in [0.5, 0.6) is 0 Å². The van der Waals surface area contributed by atoms with Gasteiger partial charge in [0.05, 0.1) is 4.88 Å². The smallest absolute Gasteiger partial charge is 0.408 e. The molecule has 0 aromatic carbocycles. The minimum absolute atomic E-state index is 0.0124. The fraction of sp³-hybridized carbons (Fsp3) is 0.630. The van der Waals surface area contributed by atoms with Gasteiger partial charge in [-0.1, -0.05) is 11.2 Å². The van der Waals surface area contributed by atoms with E-state index in [1.165, 1.54) is 0 Å². The maximum absolute atomic E-state index is 14.4. The summed E-state index contributed by atoms with van der Waals surface area (Å²) in [7, 11) is 0. The molecule has 2 aromatic rings. The number of nitrogens with one attached hydrogen (secondary N) is 2. The topological polar surface area (TPSA) is 110 Å². The number of thiazole rings is 1. The quantitative estimate of drug-likeness (QED) is 0.302. The Labute approximate surface area is 246 Å². The van der Waals surface area contributed by atoms with Gasteiger partial charge >= 0.3 is 6.18 Å². The van der Waals surface area contributed by atoms with E-state index in [0.29, 0.717) is 37.2 Å². The van der Waals surface area contributed by atoms with Gasteiger partial charge in [0.25, 0.3) is 18.2 Å². The largest absolute Gasteiger partial charge is 0.616 e. The van der Waals surface area contributed by atoms with Crippen LogP contribution >= 0.6 is 11.3 Å². The summed E-state index contributed by atoms with van der Waals surface area (Å²) in [5.74, 6) is -1.10. The Bertz CT molecular complexity index is 1330. The van der Waals surface area contributed by atoms with Gasteiger partial charge in [-0.2, -0.15) is 13.2 Å². The molecule has 2 amide bonds. The van der Waals surface area contributed by atoms with E-state index in [9.17, 15) is 36.1 Å². The minimum Gasteiger partial charge on any atom is -0.616 e. The molecule has 0 radical (unpaired) electrons. The van der Waals surface area contributed by atoms with Crippen molar-refractivity contribution in [3.05, 3.63) is 28.5 Å². The maximum Gasteiger partial charge on any atom is 0.408 e. The molecule has 4 fully saturated rings. The summed E-state index contributed by atoms with van der Waals surface area (Å²) < 4.78 is 81.3. The van der Waals surface area contributed by atoms with Gasteiger partial charge in [-0.3, -0.25) is 9.59 Å². The number of hydrogen-bond donors (Lipinski definition) is 2. The van der Waals surface area contributed by atoms with Crippen LogP contribution in [0, 0.1) is 5.92 Å². The Morgan fingerprint density at radius 1 is 1.05 bits per heavy atom. The summed E-state index contributed by atoms with van der Waals surface area (Å²) in [6.45, 7) is 0. The predicted molar refractivity (Wildman–Crippen MR) is 147 cm³/mol. The van der Waals surface area contributed by atoms with E-state index in [2.05, 4.69) is 20.6 Å². The molecule has 4 aliphatic rings. The zero-order valence-electron chi connectivity index (χ0n) is 22.5. The van der Waals surface area contributed by atoms with Crippen LogP contribution in [0.1, 0.15) is 83.6 Å². The molecule has 15 heteroatoms. The molecular formula is C27H30F5N5O3S2. The van der Waals surface area contributed by atoms with Crippen molar-refractivity contribution in [3.8, 4) is 10.4 Å². The summed E-state index contributed by atoms with van der Waals surface area (Å²) in [6, 6.07) is -1.22. The third kappa shape index (κ3) is 5.96. The van der Waals surface area contributed by atoms with E-state index in [1.54, 1.807) is 4.90 Å². The van der Waals surface area contributed by atoms with Gasteiger partial charge in [0.1, 0.15) is 29.1 Å². The first-order valence-corrected chi connectivity index (χ1v) is 16.4. The van der Waals surface area contributed by atoms with Gasteiger partial charge in [0.15, 0.2) is 5.01 Å².